The standard InChI is InChI=1S/C19H32O2/c1-4-5-6-10-13-17-18(21-19(2,3)20-17)15-14-16-11-8-7-9-12-16/h8,11-12,17-18H,4-7,9-10,13-15H2,1-3H3/t17-,18-/m0/s1. The number of unbranched alkanes of at least 4 members (excludes halogenated alkanes) is 3. The second-order valence-corrected chi connectivity index (χ2v) is 6.86. The van der Waals surface area contributed by atoms with Crippen LogP contribution in [-0.2, 0) is 9.47 Å². The molecule has 1 heterocycles. The van der Waals surface area contributed by atoms with Crippen LogP contribution in [0.25, 0.3) is 0 Å². The molecule has 0 unspecified atom stereocenters. The largest absolute Gasteiger partial charge is 0.345 e. The minimum Gasteiger partial charge on any atom is -0.345 e. The second-order valence-electron chi connectivity index (χ2n) is 6.86. The fourth-order valence-corrected chi connectivity index (χ4v) is 3.33. The summed E-state index contributed by atoms with van der Waals surface area (Å²) in [5.41, 5.74) is 1.47. The van der Waals surface area contributed by atoms with Gasteiger partial charge in [-0.1, -0.05) is 56.4 Å². The lowest BCUT2D eigenvalue weighted by atomic mass is 9.97. The lowest BCUT2D eigenvalue weighted by Crippen LogP contribution is -2.22. The van der Waals surface area contributed by atoms with Crippen molar-refractivity contribution in [2.24, 2.45) is 0 Å². The van der Waals surface area contributed by atoms with Crippen molar-refractivity contribution in [3.05, 3.63) is 23.8 Å². The lowest BCUT2D eigenvalue weighted by Gasteiger charge is -2.17. The summed E-state index contributed by atoms with van der Waals surface area (Å²) in [4.78, 5) is 0. The molecule has 2 aliphatic rings. The predicted octanol–water partition coefficient (Wildman–Crippen LogP) is 5.53. The third-order valence-electron chi connectivity index (χ3n) is 4.42. The molecule has 21 heavy (non-hydrogen) atoms. The Morgan fingerprint density at radius 3 is 2.48 bits per heavy atom. The van der Waals surface area contributed by atoms with E-state index >= 15 is 0 Å². The van der Waals surface area contributed by atoms with Crippen molar-refractivity contribution in [1.29, 1.82) is 0 Å². The van der Waals surface area contributed by atoms with Gasteiger partial charge in [-0.3, -0.25) is 0 Å². The molecule has 2 heteroatoms. The van der Waals surface area contributed by atoms with Gasteiger partial charge in [-0.25, -0.2) is 0 Å². The average Bonchev–Trinajstić information content (AvgIpc) is 2.77. The van der Waals surface area contributed by atoms with Crippen molar-refractivity contribution in [2.45, 2.75) is 96.6 Å². The molecule has 1 aliphatic carbocycles. The van der Waals surface area contributed by atoms with E-state index in [0.29, 0.717) is 0 Å². The van der Waals surface area contributed by atoms with E-state index in [9.17, 15) is 0 Å². The zero-order chi connectivity index (χ0) is 15.1. The summed E-state index contributed by atoms with van der Waals surface area (Å²) in [7, 11) is 0. The third-order valence-corrected chi connectivity index (χ3v) is 4.42. The zero-order valence-corrected chi connectivity index (χ0v) is 14.1. The van der Waals surface area contributed by atoms with Crippen LogP contribution in [-0.4, -0.2) is 18.0 Å². The Morgan fingerprint density at radius 1 is 1.05 bits per heavy atom. The topological polar surface area (TPSA) is 18.5 Å². The highest BCUT2D eigenvalue weighted by Crippen LogP contribution is 2.34. The summed E-state index contributed by atoms with van der Waals surface area (Å²) in [6.45, 7) is 6.35. The van der Waals surface area contributed by atoms with Gasteiger partial charge >= 0.3 is 0 Å². The Balaban J connectivity index is 1.79. The third kappa shape index (κ3) is 5.60. The molecule has 0 saturated carbocycles. The normalized spacial score (nSPS) is 27.9. The van der Waals surface area contributed by atoms with Gasteiger partial charge in [-0.05, 0) is 46.0 Å². The molecular formula is C19H32O2. The van der Waals surface area contributed by atoms with Crippen molar-refractivity contribution < 1.29 is 9.47 Å². The molecule has 0 bridgehead atoms. The smallest absolute Gasteiger partial charge is 0.163 e. The Bertz CT molecular complexity index is 368. The molecular weight excluding hydrogens is 260 g/mol. The molecule has 1 saturated heterocycles. The van der Waals surface area contributed by atoms with E-state index in [-0.39, 0.29) is 12.2 Å². The first-order valence-corrected chi connectivity index (χ1v) is 8.82. The monoisotopic (exact) mass is 292 g/mol. The first-order chi connectivity index (χ1) is 10.1. The van der Waals surface area contributed by atoms with Crippen molar-refractivity contribution in [3.63, 3.8) is 0 Å². The minimum atomic E-state index is -0.406. The van der Waals surface area contributed by atoms with Crippen LogP contribution in [0.4, 0.5) is 0 Å². The van der Waals surface area contributed by atoms with Gasteiger partial charge < -0.3 is 9.47 Å². The number of hydrogen-bond donors (Lipinski definition) is 0. The van der Waals surface area contributed by atoms with Gasteiger partial charge in [0.25, 0.3) is 0 Å². The van der Waals surface area contributed by atoms with E-state index in [1.807, 2.05) is 13.8 Å². The van der Waals surface area contributed by atoms with Gasteiger partial charge in [-0.15, -0.1) is 0 Å². The maximum atomic E-state index is 6.14. The molecule has 1 aliphatic heterocycles. The van der Waals surface area contributed by atoms with Crippen molar-refractivity contribution in [3.8, 4) is 0 Å². The molecule has 2 nitrogen and oxygen atoms in total. The predicted molar refractivity (Wildman–Crippen MR) is 88.3 cm³/mol. The number of ether oxygens (including phenoxy) is 2. The maximum Gasteiger partial charge on any atom is 0.163 e. The van der Waals surface area contributed by atoms with Gasteiger partial charge in [0, 0.05) is 0 Å². The minimum absolute atomic E-state index is 0.262. The Hall–Kier alpha value is -0.600. The van der Waals surface area contributed by atoms with Gasteiger partial charge in [0.15, 0.2) is 5.79 Å². The van der Waals surface area contributed by atoms with Gasteiger partial charge in [0.2, 0.25) is 0 Å². The molecule has 0 N–H and O–H groups in total. The van der Waals surface area contributed by atoms with E-state index < -0.39 is 5.79 Å². The molecule has 0 radical (unpaired) electrons. The molecule has 0 aromatic heterocycles. The number of hydrogen-bond acceptors (Lipinski definition) is 2. The number of rotatable bonds is 8. The molecule has 2 rings (SSSR count). The fraction of sp³-hybridized carbons (Fsp3) is 0.789. The van der Waals surface area contributed by atoms with Crippen LogP contribution in [0.15, 0.2) is 23.8 Å². The van der Waals surface area contributed by atoms with Crippen LogP contribution in [0.2, 0.25) is 0 Å². The molecule has 0 aromatic rings. The van der Waals surface area contributed by atoms with Crippen LogP contribution in [0.1, 0.15) is 78.6 Å². The zero-order valence-electron chi connectivity index (χ0n) is 14.1. The SMILES string of the molecule is CCCCCC[C@@H]1OC(C)(C)O[C@H]1CCC1=CCCC=C1. The summed E-state index contributed by atoms with van der Waals surface area (Å²) < 4.78 is 12.3. The van der Waals surface area contributed by atoms with Crippen molar-refractivity contribution in [1.82, 2.24) is 0 Å². The van der Waals surface area contributed by atoms with Gasteiger partial charge in [0.05, 0.1) is 12.2 Å². The highest BCUT2D eigenvalue weighted by molar-refractivity contribution is 5.22. The summed E-state index contributed by atoms with van der Waals surface area (Å²) in [5.74, 6) is -0.406. The molecule has 1 fully saturated rings. The number of allylic oxidation sites excluding steroid dienone is 4. The van der Waals surface area contributed by atoms with E-state index in [1.165, 1.54) is 44.1 Å². The molecule has 0 aromatic carbocycles. The van der Waals surface area contributed by atoms with Crippen molar-refractivity contribution in [2.75, 3.05) is 0 Å². The van der Waals surface area contributed by atoms with E-state index in [0.717, 1.165) is 19.3 Å². The molecule has 120 valence electrons. The summed E-state index contributed by atoms with van der Waals surface area (Å²) >= 11 is 0. The lowest BCUT2D eigenvalue weighted by molar-refractivity contribution is -0.147. The van der Waals surface area contributed by atoms with Crippen LogP contribution >= 0.6 is 0 Å². The molecule has 0 amide bonds. The Labute approximate surface area is 130 Å². The summed E-state index contributed by atoms with van der Waals surface area (Å²) in [5, 5.41) is 0. The molecule has 0 spiro atoms. The second kappa shape index (κ2) is 8.14. The Morgan fingerprint density at radius 2 is 1.81 bits per heavy atom. The average molecular weight is 292 g/mol. The molecule has 2 atom stereocenters. The summed E-state index contributed by atoms with van der Waals surface area (Å²) in [6, 6.07) is 0. The van der Waals surface area contributed by atoms with Crippen molar-refractivity contribution >= 4 is 0 Å². The van der Waals surface area contributed by atoms with E-state index in [4.69, 9.17) is 9.47 Å². The quantitative estimate of drug-likeness (QED) is 0.547. The van der Waals surface area contributed by atoms with E-state index in [2.05, 4.69) is 25.2 Å². The Kier molecular flexibility index (Phi) is 6.50. The van der Waals surface area contributed by atoms with E-state index in [1.54, 1.807) is 0 Å². The van der Waals surface area contributed by atoms with Gasteiger partial charge in [-0.2, -0.15) is 0 Å². The highest BCUT2D eigenvalue weighted by atomic mass is 16.7. The van der Waals surface area contributed by atoms with Gasteiger partial charge in [0.1, 0.15) is 0 Å². The highest BCUT2D eigenvalue weighted by Gasteiger charge is 2.40. The van der Waals surface area contributed by atoms with Crippen LogP contribution in [0.5, 0.6) is 0 Å². The summed E-state index contributed by atoms with van der Waals surface area (Å²) in [6.07, 6.45) is 18.4. The fourth-order valence-electron chi connectivity index (χ4n) is 3.33. The first-order valence-electron chi connectivity index (χ1n) is 8.82. The van der Waals surface area contributed by atoms with Crippen LogP contribution < -0.4 is 0 Å². The first kappa shape index (κ1) is 16.8. The van der Waals surface area contributed by atoms with Crippen LogP contribution in [0.3, 0.4) is 0 Å². The van der Waals surface area contributed by atoms with Crippen LogP contribution in [0, 0.1) is 0 Å². The maximum absolute atomic E-state index is 6.14.